The molecule has 0 aliphatic carbocycles. The van der Waals surface area contributed by atoms with Gasteiger partial charge in [-0.2, -0.15) is 0 Å². The lowest BCUT2D eigenvalue weighted by Crippen LogP contribution is -2.43. The van der Waals surface area contributed by atoms with Gasteiger partial charge >= 0.3 is 11.9 Å². The number of halogens is 1. The van der Waals surface area contributed by atoms with E-state index in [9.17, 15) is 28.4 Å². The van der Waals surface area contributed by atoms with Gasteiger partial charge in [0.05, 0.1) is 19.9 Å². The fourth-order valence-electron chi connectivity index (χ4n) is 5.05. The third-order valence-electron chi connectivity index (χ3n) is 7.47. The Morgan fingerprint density at radius 3 is 1.98 bits per heavy atom. The average molecular weight is 664 g/mol. The Hall–Kier alpha value is -5.56. The predicted molar refractivity (Wildman–Crippen MR) is 176 cm³/mol. The SMILES string of the molecule is COc1ccc(N(CCN2CCC(C(=O)c3ccc(F)cc3)CC2)C(=O)c2ccc(NC(C)=O)cc2)c(OC)c1.O=C(O)C=CC(=O)O. The molecule has 0 unspecified atom stereocenters. The van der Waals surface area contributed by atoms with Crippen molar-refractivity contribution in [1.82, 2.24) is 4.90 Å². The van der Waals surface area contributed by atoms with Crippen LogP contribution < -0.4 is 19.7 Å². The van der Waals surface area contributed by atoms with Gasteiger partial charge in [0.15, 0.2) is 5.78 Å². The van der Waals surface area contributed by atoms with Gasteiger partial charge in [-0.3, -0.25) is 14.4 Å². The van der Waals surface area contributed by atoms with E-state index in [1.165, 1.54) is 19.1 Å². The summed E-state index contributed by atoms with van der Waals surface area (Å²) in [5, 5.41) is 18.3. The van der Waals surface area contributed by atoms with Crippen molar-refractivity contribution in [3.8, 4) is 11.5 Å². The van der Waals surface area contributed by atoms with Gasteiger partial charge < -0.3 is 34.8 Å². The maximum atomic E-state index is 13.8. The first-order chi connectivity index (χ1) is 22.9. The molecule has 0 aromatic heterocycles. The molecule has 0 saturated carbocycles. The standard InChI is InChI=1S/C31H34FN3O5.C4H4O4/c1-21(36)33-26-10-6-24(7-11-26)31(38)35(28-13-12-27(39-2)20-29(28)40-3)19-18-34-16-14-23(15-17-34)30(37)22-4-8-25(32)9-5-22;5-3(6)1-2-4(7)8/h4-13,20,23H,14-19H2,1-3H3,(H,33,36);1-2H,(H,5,6)(H,7,8). The molecule has 254 valence electrons. The number of rotatable bonds is 12. The number of likely N-dealkylation sites (tertiary alicyclic amines) is 1. The molecule has 12 nitrogen and oxygen atoms in total. The van der Waals surface area contributed by atoms with Gasteiger partial charge in [-0.15, -0.1) is 0 Å². The zero-order valence-corrected chi connectivity index (χ0v) is 26.9. The summed E-state index contributed by atoms with van der Waals surface area (Å²) in [6.45, 7) is 3.85. The van der Waals surface area contributed by atoms with Gasteiger partial charge in [0.2, 0.25) is 5.91 Å². The Labute approximate surface area is 277 Å². The zero-order valence-electron chi connectivity index (χ0n) is 26.9. The molecule has 0 bridgehead atoms. The van der Waals surface area contributed by atoms with Crippen molar-refractivity contribution in [1.29, 1.82) is 0 Å². The minimum atomic E-state index is -1.26. The highest BCUT2D eigenvalue weighted by Crippen LogP contribution is 2.33. The maximum absolute atomic E-state index is 13.8. The third kappa shape index (κ3) is 11.1. The van der Waals surface area contributed by atoms with Crippen LogP contribution >= 0.6 is 0 Å². The number of nitrogens with zero attached hydrogens (tertiary/aromatic N) is 2. The van der Waals surface area contributed by atoms with Crippen molar-refractivity contribution in [2.24, 2.45) is 5.92 Å². The fraction of sp³-hybridized carbons (Fsp3) is 0.286. The summed E-state index contributed by atoms with van der Waals surface area (Å²) in [7, 11) is 3.12. The van der Waals surface area contributed by atoms with E-state index in [1.807, 2.05) is 0 Å². The average Bonchev–Trinajstić information content (AvgIpc) is 3.08. The number of methoxy groups -OCH3 is 2. The van der Waals surface area contributed by atoms with Crippen LogP contribution in [0, 0.1) is 11.7 Å². The molecule has 2 amide bonds. The second-order valence-corrected chi connectivity index (χ2v) is 10.7. The quantitative estimate of drug-likeness (QED) is 0.182. The van der Waals surface area contributed by atoms with Crippen LogP contribution in [0.3, 0.4) is 0 Å². The largest absolute Gasteiger partial charge is 0.497 e. The van der Waals surface area contributed by atoms with E-state index in [0.717, 1.165) is 0 Å². The van der Waals surface area contributed by atoms with Crippen molar-refractivity contribution in [3.05, 3.63) is 95.8 Å². The second kappa shape index (κ2) is 18.0. The number of aliphatic carboxylic acids is 2. The summed E-state index contributed by atoms with van der Waals surface area (Å²) >= 11 is 0. The van der Waals surface area contributed by atoms with E-state index in [1.54, 1.807) is 73.7 Å². The highest BCUT2D eigenvalue weighted by molar-refractivity contribution is 6.07. The van der Waals surface area contributed by atoms with Crippen LogP contribution in [0.25, 0.3) is 0 Å². The molecular weight excluding hydrogens is 625 g/mol. The number of nitrogens with one attached hydrogen (secondary N) is 1. The molecule has 1 saturated heterocycles. The normalized spacial score (nSPS) is 13.2. The molecule has 0 spiro atoms. The van der Waals surface area contributed by atoms with Crippen LogP contribution in [0.1, 0.15) is 40.5 Å². The summed E-state index contributed by atoms with van der Waals surface area (Å²) < 4.78 is 24.2. The zero-order chi connectivity index (χ0) is 35.2. The van der Waals surface area contributed by atoms with Crippen molar-refractivity contribution in [2.45, 2.75) is 19.8 Å². The van der Waals surface area contributed by atoms with E-state index < -0.39 is 11.9 Å². The maximum Gasteiger partial charge on any atom is 0.328 e. The molecule has 1 aliphatic heterocycles. The van der Waals surface area contributed by atoms with Crippen molar-refractivity contribution in [2.75, 3.05) is 50.6 Å². The Balaban J connectivity index is 0.000000694. The lowest BCUT2D eigenvalue weighted by atomic mass is 9.89. The first-order valence-corrected chi connectivity index (χ1v) is 15.0. The number of benzene rings is 3. The summed E-state index contributed by atoms with van der Waals surface area (Å²) in [5.41, 5.74) is 2.22. The highest BCUT2D eigenvalue weighted by atomic mass is 19.1. The molecule has 1 heterocycles. The Kier molecular flexibility index (Phi) is 13.8. The molecule has 1 fully saturated rings. The number of carboxylic acids is 2. The van der Waals surface area contributed by atoms with E-state index in [0.29, 0.717) is 85.2 Å². The van der Waals surface area contributed by atoms with Gasteiger partial charge in [0.1, 0.15) is 17.3 Å². The molecular formula is C35H38FN3O9. The first-order valence-electron chi connectivity index (χ1n) is 15.0. The number of anilines is 2. The summed E-state index contributed by atoms with van der Waals surface area (Å²) in [6, 6.07) is 17.8. The van der Waals surface area contributed by atoms with Gasteiger partial charge in [-0.05, 0) is 86.6 Å². The highest BCUT2D eigenvalue weighted by Gasteiger charge is 2.28. The van der Waals surface area contributed by atoms with Crippen LogP contribution in [0.2, 0.25) is 0 Å². The summed E-state index contributed by atoms with van der Waals surface area (Å²) in [5.74, 6) is -2.22. The number of piperidine rings is 1. The molecule has 0 atom stereocenters. The molecule has 1 aliphatic rings. The number of amides is 2. The topological polar surface area (TPSA) is 163 Å². The smallest absolute Gasteiger partial charge is 0.328 e. The minimum absolute atomic E-state index is 0.0436. The number of ketones is 1. The number of carbonyl (C=O) groups is 5. The van der Waals surface area contributed by atoms with Crippen LogP contribution in [-0.2, 0) is 14.4 Å². The second-order valence-electron chi connectivity index (χ2n) is 10.7. The lowest BCUT2D eigenvalue weighted by Gasteiger charge is -2.33. The van der Waals surface area contributed by atoms with Crippen molar-refractivity contribution < 1.29 is 48.0 Å². The Morgan fingerprint density at radius 1 is 0.875 bits per heavy atom. The number of hydrogen-bond donors (Lipinski definition) is 3. The first kappa shape index (κ1) is 36.9. The number of hydrogen-bond acceptors (Lipinski definition) is 8. The van der Waals surface area contributed by atoms with E-state index in [4.69, 9.17) is 19.7 Å². The van der Waals surface area contributed by atoms with E-state index >= 15 is 0 Å². The lowest BCUT2D eigenvalue weighted by molar-refractivity contribution is -0.134. The van der Waals surface area contributed by atoms with Crippen molar-refractivity contribution >= 4 is 40.9 Å². The molecule has 0 radical (unpaired) electrons. The van der Waals surface area contributed by atoms with Crippen LogP contribution in [0.5, 0.6) is 11.5 Å². The van der Waals surface area contributed by atoms with Crippen LogP contribution in [0.15, 0.2) is 78.9 Å². The molecule has 3 aromatic rings. The van der Waals surface area contributed by atoms with Crippen molar-refractivity contribution in [3.63, 3.8) is 0 Å². The number of carbonyl (C=O) groups excluding carboxylic acids is 3. The summed E-state index contributed by atoms with van der Waals surface area (Å²) in [6.07, 6.45) is 2.51. The molecule has 48 heavy (non-hydrogen) atoms. The number of carboxylic acid groups (broad SMARTS) is 2. The Bertz CT molecular complexity index is 1600. The number of ether oxygens (including phenoxy) is 2. The molecule has 4 rings (SSSR count). The molecule has 3 aromatic carbocycles. The van der Waals surface area contributed by atoms with E-state index in [-0.39, 0.29) is 29.3 Å². The monoisotopic (exact) mass is 663 g/mol. The van der Waals surface area contributed by atoms with Gasteiger partial charge in [-0.1, -0.05) is 0 Å². The molecule has 3 N–H and O–H groups in total. The van der Waals surface area contributed by atoms with Gasteiger partial charge in [-0.25, -0.2) is 14.0 Å². The van der Waals surface area contributed by atoms with Crippen LogP contribution in [0.4, 0.5) is 15.8 Å². The predicted octanol–water partition coefficient (Wildman–Crippen LogP) is 4.75. The Morgan fingerprint density at radius 2 is 1.46 bits per heavy atom. The summed E-state index contributed by atoms with van der Waals surface area (Å²) in [4.78, 5) is 61.0. The molecule has 13 heteroatoms. The van der Waals surface area contributed by atoms with E-state index in [2.05, 4.69) is 10.2 Å². The van der Waals surface area contributed by atoms with Crippen LogP contribution in [-0.4, -0.2) is 85.0 Å². The van der Waals surface area contributed by atoms with Gasteiger partial charge in [0.25, 0.3) is 5.91 Å². The minimum Gasteiger partial charge on any atom is -0.497 e. The van der Waals surface area contributed by atoms with Gasteiger partial charge in [0, 0.05) is 61.0 Å². The fourth-order valence-corrected chi connectivity index (χ4v) is 5.05. The third-order valence-corrected chi connectivity index (χ3v) is 7.47. The number of Topliss-reactive ketones (excluding diaryl/α,β-unsaturated/α-hetero) is 1.